The average molecular weight is 534 g/mol. The van der Waals surface area contributed by atoms with Crippen molar-refractivity contribution in [3.63, 3.8) is 0 Å². The van der Waals surface area contributed by atoms with Gasteiger partial charge in [-0.2, -0.15) is 0 Å². The van der Waals surface area contributed by atoms with E-state index in [4.69, 9.17) is 33.2 Å². The number of ether oxygens (including phenoxy) is 7. The van der Waals surface area contributed by atoms with Crippen LogP contribution in [-0.2, 0) is 52.3 Å². The van der Waals surface area contributed by atoms with E-state index >= 15 is 0 Å². The summed E-state index contributed by atoms with van der Waals surface area (Å²) in [6, 6.07) is 5.98. The molecule has 3 rings (SSSR count). The summed E-state index contributed by atoms with van der Waals surface area (Å²) in [5.41, 5.74) is 0.113. The fraction of sp³-hybridized carbons (Fsp3) is 0.440. The van der Waals surface area contributed by atoms with Gasteiger partial charge < -0.3 is 33.2 Å². The van der Waals surface area contributed by atoms with Gasteiger partial charge in [-0.15, -0.1) is 0 Å². The van der Waals surface area contributed by atoms with Crippen LogP contribution in [0.4, 0.5) is 0 Å². The maximum Gasteiger partial charge on any atom is 0.303 e. The highest BCUT2D eigenvalue weighted by Crippen LogP contribution is 2.34. The first kappa shape index (κ1) is 28.3. The Morgan fingerprint density at radius 2 is 1.24 bits per heavy atom. The van der Waals surface area contributed by atoms with Crippen LogP contribution in [-0.4, -0.2) is 79.9 Å². The molecule has 0 amide bonds. The van der Waals surface area contributed by atoms with Gasteiger partial charge >= 0.3 is 23.9 Å². The van der Waals surface area contributed by atoms with Gasteiger partial charge in [0.2, 0.25) is 35.5 Å². The molecule has 0 saturated carbocycles. The maximum absolute atomic E-state index is 13.3. The zero-order valence-corrected chi connectivity index (χ0v) is 21.2. The van der Waals surface area contributed by atoms with Crippen LogP contribution in [0.1, 0.15) is 48.4 Å². The van der Waals surface area contributed by atoms with Crippen LogP contribution in [0.2, 0.25) is 0 Å². The van der Waals surface area contributed by atoms with Gasteiger partial charge in [0.05, 0.1) is 7.11 Å². The first-order chi connectivity index (χ1) is 17.9. The van der Waals surface area contributed by atoms with E-state index in [1.54, 1.807) is 12.1 Å². The fourth-order valence-corrected chi connectivity index (χ4v) is 4.02. The Balaban J connectivity index is 2.09. The molecule has 1 aromatic rings. The van der Waals surface area contributed by atoms with Crippen molar-refractivity contribution in [3.8, 4) is 0 Å². The molecule has 13 nitrogen and oxygen atoms in total. The number of carbonyl (C=O) groups is 6. The van der Waals surface area contributed by atoms with Crippen molar-refractivity contribution < 1.29 is 61.9 Å². The molecule has 13 heteroatoms. The lowest BCUT2D eigenvalue weighted by Gasteiger charge is -2.44. The predicted molar refractivity (Wildman–Crippen MR) is 122 cm³/mol. The molecule has 0 unspecified atom stereocenters. The normalized spacial score (nSPS) is 24.6. The van der Waals surface area contributed by atoms with Gasteiger partial charge in [0.1, 0.15) is 12.7 Å². The van der Waals surface area contributed by atoms with Crippen LogP contribution in [0.15, 0.2) is 35.8 Å². The van der Waals surface area contributed by atoms with E-state index in [1.165, 1.54) is 12.1 Å². The van der Waals surface area contributed by atoms with Gasteiger partial charge in [0.25, 0.3) is 0 Å². The second kappa shape index (κ2) is 11.9. The third-order valence-corrected chi connectivity index (χ3v) is 5.42. The second-order valence-corrected chi connectivity index (χ2v) is 8.25. The summed E-state index contributed by atoms with van der Waals surface area (Å²) in [5.74, 6) is -5.59. The van der Waals surface area contributed by atoms with Crippen LogP contribution >= 0.6 is 0 Å². The summed E-state index contributed by atoms with van der Waals surface area (Å²) in [7, 11) is 1.16. The largest absolute Gasteiger partial charge is 0.489 e. The van der Waals surface area contributed by atoms with Gasteiger partial charge in [-0.05, 0) is 0 Å². The average Bonchev–Trinajstić information content (AvgIpc) is 2.84. The summed E-state index contributed by atoms with van der Waals surface area (Å²) in [6.07, 6.45) is -7.55. The highest BCUT2D eigenvalue weighted by atomic mass is 16.7. The number of methoxy groups -OCH3 is 1. The third-order valence-electron chi connectivity index (χ3n) is 5.42. The van der Waals surface area contributed by atoms with E-state index in [1.807, 2.05) is 0 Å². The molecule has 1 aliphatic heterocycles. The van der Waals surface area contributed by atoms with Crippen molar-refractivity contribution in [1.82, 2.24) is 0 Å². The number of allylic oxidation sites excluding steroid dienone is 2. The second-order valence-electron chi connectivity index (χ2n) is 8.25. The van der Waals surface area contributed by atoms with E-state index in [0.717, 1.165) is 34.8 Å². The number of ketones is 2. The Morgan fingerprint density at radius 3 is 1.74 bits per heavy atom. The molecule has 0 radical (unpaired) electrons. The number of benzene rings is 1. The molecule has 38 heavy (non-hydrogen) atoms. The fourth-order valence-electron chi connectivity index (χ4n) is 4.02. The topological polar surface area (TPSA) is 167 Å². The van der Waals surface area contributed by atoms with E-state index in [9.17, 15) is 28.8 Å². The van der Waals surface area contributed by atoms with E-state index < -0.39 is 84.3 Å². The molecule has 204 valence electrons. The zero-order valence-electron chi connectivity index (χ0n) is 21.2. The lowest BCUT2D eigenvalue weighted by atomic mass is 9.92. The van der Waals surface area contributed by atoms with E-state index in [-0.39, 0.29) is 11.1 Å². The van der Waals surface area contributed by atoms with Crippen molar-refractivity contribution in [1.29, 1.82) is 0 Å². The van der Waals surface area contributed by atoms with Crippen LogP contribution in [0, 0.1) is 0 Å². The lowest BCUT2D eigenvalue weighted by molar-refractivity contribution is -0.299. The molecule has 0 aromatic heterocycles. The van der Waals surface area contributed by atoms with Gasteiger partial charge in [-0.25, -0.2) is 0 Å². The van der Waals surface area contributed by atoms with Crippen molar-refractivity contribution in [2.24, 2.45) is 0 Å². The molecule has 2 aliphatic rings. The van der Waals surface area contributed by atoms with Crippen LogP contribution in [0.5, 0.6) is 0 Å². The minimum absolute atomic E-state index is 0.0268. The molecule has 1 aromatic carbocycles. The van der Waals surface area contributed by atoms with Gasteiger partial charge in [0.15, 0.2) is 12.2 Å². The molecule has 1 saturated heterocycles. The first-order valence-electron chi connectivity index (χ1n) is 11.4. The van der Waals surface area contributed by atoms with Crippen LogP contribution in [0.25, 0.3) is 0 Å². The van der Waals surface area contributed by atoms with Crippen molar-refractivity contribution in [2.75, 3.05) is 13.7 Å². The van der Waals surface area contributed by atoms with Gasteiger partial charge in [0, 0.05) is 38.8 Å². The minimum Gasteiger partial charge on any atom is -0.489 e. The highest BCUT2D eigenvalue weighted by Gasteiger charge is 2.54. The van der Waals surface area contributed by atoms with Gasteiger partial charge in [-0.1, -0.05) is 24.3 Å². The number of hydrogen-bond acceptors (Lipinski definition) is 13. The summed E-state index contributed by atoms with van der Waals surface area (Å²) >= 11 is 0. The molecular weight excluding hydrogens is 508 g/mol. The van der Waals surface area contributed by atoms with Crippen molar-refractivity contribution >= 4 is 35.4 Å². The van der Waals surface area contributed by atoms with Crippen molar-refractivity contribution in [2.45, 2.75) is 58.4 Å². The van der Waals surface area contributed by atoms with Crippen LogP contribution < -0.4 is 0 Å². The molecule has 1 fully saturated rings. The minimum atomic E-state index is -1.71. The summed E-state index contributed by atoms with van der Waals surface area (Å²) < 4.78 is 37.8. The standard InChI is InChI=1S/C25H26O13/c1-11(26)33-10-17-20(34-12(2)27)23(35-13(3)28)24(36-14(4)29)25(37-17)38-22-19(31)16-9-7-6-8-15(16)18(30)21(22)32-5/h6-9,17,20,23-25H,10H2,1-5H3/t17-,20-,23+,24-,25+/m1/s1. The lowest BCUT2D eigenvalue weighted by Crippen LogP contribution is -2.63. The Morgan fingerprint density at radius 1 is 0.737 bits per heavy atom. The number of carbonyl (C=O) groups excluding carboxylic acids is 6. The summed E-state index contributed by atoms with van der Waals surface area (Å²) in [4.78, 5) is 73.6. The quantitative estimate of drug-likeness (QED) is 0.343. The summed E-state index contributed by atoms with van der Waals surface area (Å²) in [5, 5.41) is 0. The molecule has 1 aliphatic carbocycles. The first-order valence-corrected chi connectivity index (χ1v) is 11.4. The summed E-state index contributed by atoms with van der Waals surface area (Å²) in [6.45, 7) is 3.83. The van der Waals surface area contributed by atoms with Crippen LogP contribution in [0.3, 0.4) is 0 Å². The molecule has 1 heterocycles. The predicted octanol–water partition coefficient (Wildman–Crippen LogP) is 1.02. The molecule has 0 N–H and O–H groups in total. The SMILES string of the molecule is COC1=C(O[C@@H]2O[C@H](COC(C)=O)[C@@H](OC(C)=O)[C@H](OC(C)=O)[C@H]2OC(C)=O)C(=O)c2ccccc2C1=O. The number of hydrogen-bond donors (Lipinski definition) is 0. The number of esters is 4. The Hall–Kier alpha value is -4.26. The monoisotopic (exact) mass is 534 g/mol. The number of fused-ring (bicyclic) bond motifs is 1. The maximum atomic E-state index is 13.3. The molecule has 0 spiro atoms. The smallest absolute Gasteiger partial charge is 0.303 e. The van der Waals surface area contributed by atoms with E-state index in [2.05, 4.69) is 0 Å². The molecule has 5 atom stereocenters. The van der Waals surface area contributed by atoms with E-state index in [0.29, 0.717) is 0 Å². The van der Waals surface area contributed by atoms with Crippen molar-refractivity contribution in [3.05, 3.63) is 46.9 Å². The number of Topliss-reactive ketones (excluding diaryl/α,β-unsaturated/α-hetero) is 2. The van der Waals surface area contributed by atoms with Gasteiger partial charge in [-0.3, -0.25) is 28.8 Å². The Bertz CT molecular complexity index is 1180. The number of rotatable bonds is 8. The Kier molecular flexibility index (Phi) is 8.84. The Labute approximate surface area is 216 Å². The molecular formula is C25H26O13. The molecule has 0 bridgehead atoms. The third kappa shape index (κ3) is 6.17. The zero-order chi connectivity index (χ0) is 28.1. The highest BCUT2D eigenvalue weighted by molar-refractivity contribution is 6.25.